The molecule has 0 aliphatic heterocycles. The van der Waals surface area contributed by atoms with Crippen LogP contribution in [0.1, 0.15) is 23.4 Å². The summed E-state index contributed by atoms with van der Waals surface area (Å²) in [6.45, 7) is 1.82. The molecule has 0 radical (unpaired) electrons. The molecule has 36 heavy (non-hydrogen) atoms. The molecule has 0 spiro atoms. The Bertz CT molecular complexity index is 1260. The maximum Gasteiger partial charge on any atom is 0.328 e. The first kappa shape index (κ1) is 26.4. The summed E-state index contributed by atoms with van der Waals surface area (Å²) in [4.78, 5) is 50.9. The van der Waals surface area contributed by atoms with Crippen LogP contribution in [0.2, 0.25) is 0 Å². The Labute approximate surface area is 207 Å². The topological polar surface area (TPSA) is 191 Å². The van der Waals surface area contributed by atoms with Crippen LogP contribution in [0.3, 0.4) is 0 Å². The molecule has 192 valence electrons. The number of hydrogen-bond acceptors (Lipinski definition) is 7. The summed E-state index contributed by atoms with van der Waals surface area (Å²) in [5, 5.41) is 7.76. The number of amides is 4. The highest BCUT2D eigenvalue weighted by molar-refractivity contribution is 7.90. The number of nitrogens with zero attached hydrogens (tertiary/aromatic N) is 2. The Hall–Kier alpha value is -4.20. The zero-order chi connectivity index (χ0) is 26.0. The number of H-pyrrole nitrogens is 2. The average molecular weight is 517 g/mol. The van der Waals surface area contributed by atoms with Crippen LogP contribution in [0.15, 0.2) is 54.2 Å². The standard InChI is InChI=1S/C22H28N8O5S/c1-15-4-2-3-5-19(15)36(34,35)30-22(33)26-9-7-20(31)29-18(10-17-12-24-14-28-17)21(32)25-8-6-16-11-23-13-27-16/h2-5,11-14,18H,6-10H2,1H3,(H,23,27)(H,24,28)(H,25,32)(H,29,31)(H2,26,30,33)/t18-/m1/s1. The molecule has 14 heteroatoms. The normalized spacial score (nSPS) is 11.9. The van der Waals surface area contributed by atoms with Gasteiger partial charge in [0.1, 0.15) is 6.04 Å². The number of aromatic nitrogens is 4. The summed E-state index contributed by atoms with van der Waals surface area (Å²) in [6.07, 6.45) is 6.79. The number of sulfonamides is 1. The Morgan fingerprint density at radius 2 is 1.67 bits per heavy atom. The number of benzene rings is 1. The van der Waals surface area contributed by atoms with Gasteiger partial charge in [-0.15, -0.1) is 0 Å². The van der Waals surface area contributed by atoms with Crippen molar-refractivity contribution in [1.82, 2.24) is 40.6 Å². The largest absolute Gasteiger partial charge is 0.354 e. The van der Waals surface area contributed by atoms with Crippen molar-refractivity contribution < 1.29 is 22.8 Å². The van der Waals surface area contributed by atoms with Gasteiger partial charge in [0.2, 0.25) is 11.8 Å². The molecule has 2 heterocycles. The van der Waals surface area contributed by atoms with Crippen molar-refractivity contribution in [3.63, 3.8) is 0 Å². The minimum absolute atomic E-state index is 0.0157. The number of imidazole rings is 2. The first-order valence-corrected chi connectivity index (χ1v) is 12.6. The SMILES string of the molecule is Cc1ccccc1S(=O)(=O)NC(=O)NCCC(=O)N[C@H](Cc1cnc[nH]1)C(=O)NCCc1cnc[nH]1. The third-order valence-corrected chi connectivity index (χ3v) is 6.62. The van der Waals surface area contributed by atoms with Gasteiger partial charge in [0.15, 0.2) is 0 Å². The third kappa shape index (κ3) is 7.94. The second-order valence-electron chi connectivity index (χ2n) is 7.90. The lowest BCUT2D eigenvalue weighted by Gasteiger charge is -2.18. The molecule has 0 aliphatic carbocycles. The number of nitrogens with one attached hydrogen (secondary N) is 6. The average Bonchev–Trinajstić information content (AvgIpc) is 3.53. The Balaban J connectivity index is 1.47. The van der Waals surface area contributed by atoms with Crippen LogP contribution in [0.4, 0.5) is 4.79 Å². The zero-order valence-electron chi connectivity index (χ0n) is 19.6. The predicted molar refractivity (Wildman–Crippen MR) is 129 cm³/mol. The van der Waals surface area contributed by atoms with Crippen molar-refractivity contribution in [2.24, 2.45) is 0 Å². The lowest BCUT2D eigenvalue weighted by molar-refractivity contribution is -0.128. The number of carbonyl (C=O) groups is 3. The summed E-state index contributed by atoms with van der Waals surface area (Å²) >= 11 is 0. The van der Waals surface area contributed by atoms with Crippen molar-refractivity contribution in [2.45, 2.75) is 37.1 Å². The molecular formula is C22H28N8O5S. The summed E-state index contributed by atoms with van der Waals surface area (Å²) in [5.41, 5.74) is 2.00. The number of carbonyl (C=O) groups excluding carboxylic acids is 3. The summed E-state index contributed by atoms with van der Waals surface area (Å²) in [6, 6.07) is 4.40. The van der Waals surface area contributed by atoms with Crippen molar-refractivity contribution in [2.75, 3.05) is 13.1 Å². The van der Waals surface area contributed by atoms with Gasteiger partial charge in [0, 0.05) is 56.1 Å². The van der Waals surface area contributed by atoms with E-state index in [1.807, 2.05) is 4.72 Å². The molecule has 6 N–H and O–H groups in total. The summed E-state index contributed by atoms with van der Waals surface area (Å²) in [5.74, 6) is -0.877. The minimum atomic E-state index is -4.06. The number of aromatic amines is 2. The van der Waals surface area contributed by atoms with E-state index in [0.29, 0.717) is 24.2 Å². The van der Waals surface area contributed by atoms with Gasteiger partial charge in [-0.25, -0.2) is 27.9 Å². The van der Waals surface area contributed by atoms with Gasteiger partial charge in [-0.3, -0.25) is 9.59 Å². The minimum Gasteiger partial charge on any atom is -0.354 e. The van der Waals surface area contributed by atoms with Gasteiger partial charge < -0.3 is 25.9 Å². The van der Waals surface area contributed by atoms with Crippen molar-refractivity contribution >= 4 is 27.9 Å². The highest BCUT2D eigenvalue weighted by Gasteiger charge is 2.22. The molecule has 1 aromatic carbocycles. The van der Waals surface area contributed by atoms with E-state index in [0.717, 1.165) is 5.69 Å². The molecule has 3 rings (SSSR count). The van der Waals surface area contributed by atoms with Gasteiger partial charge in [0.25, 0.3) is 10.0 Å². The van der Waals surface area contributed by atoms with E-state index in [9.17, 15) is 22.8 Å². The van der Waals surface area contributed by atoms with Crippen molar-refractivity contribution in [3.8, 4) is 0 Å². The highest BCUT2D eigenvalue weighted by Crippen LogP contribution is 2.13. The second kappa shape index (κ2) is 12.5. The van der Waals surface area contributed by atoms with Gasteiger partial charge in [-0.05, 0) is 18.6 Å². The van der Waals surface area contributed by atoms with Crippen LogP contribution in [-0.4, -0.2) is 65.3 Å². The summed E-state index contributed by atoms with van der Waals surface area (Å²) < 4.78 is 26.7. The van der Waals surface area contributed by atoms with Crippen LogP contribution in [-0.2, 0) is 32.5 Å². The number of hydrogen-bond donors (Lipinski definition) is 6. The molecule has 2 aromatic heterocycles. The molecule has 0 unspecified atom stereocenters. The molecule has 13 nitrogen and oxygen atoms in total. The number of rotatable bonds is 12. The van der Waals surface area contributed by atoms with E-state index in [1.54, 1.807) is 43.8 Å². The first-order chi connectivity index (χ1) is 17.2. The van der Waals surface area contributed by atoms with Gasteiger partial charge in [-0.2, -0.15) is 0 Å². The lowest BCUT2D eigenvalue weighted by Crippen LogP contribution is -2.49. The van der Waals surface area contributed by atoms with E-state index in [4.69, 9.17) is 0 Å². The monoisotopic (exact) mass is 516 g/mol. The van der Waals surface area contributed by atoms with E-state index in [-0.39, 0.29) is 30.2 Å². The van der Waals surface area contributed by atoms with E-state index in [1.165, 1.54) is 12.4 Å². The van der Waals surface area contributed by atoms with Crippen LogP contribution < -0.4 is 20.7 Å². The fraction of sp³-hybridized carbons (Fsp3) is 0.318. The Morgan fingerprint density at radius 1 is 0.972 bits per heavy atom. The van der Waals surface area contributed by atoms with E-state index >= 15 is 0 Å². The fourth-order valence-corrected chi connectivity index (χ4v) is 4.49. The highest BCUT2D eigenvalue weighted by atomic mass is 32.2. The molecule has 0 saturated heterocycles. The maximum absolute atomic E-state index is 12.7. The van der Waals surface area contributed by atoms with Crippen LogP contribution in [0.5, 0.6) is 0 Å². The van der Waals surface area contributed by atoms with E-state index in [2.05, 4.69) is 35.9 Å². The Kier molecular flexibility index (Phi) is 9.16. The zero-order valence-corrected chi connectivity index (χ0v) is 20.4. The molecule has 0 bridgehead atoms. The van der Waals surface area contributed by atoms with Crippen LogP contribution >= 0.6 is 0 Å². The molecular weight excluding hydrogens is 488 g/mol. The van der Waals surface area contributed by atoms with E-state index < -0.39 is 28.0 Å². The maximum atomic E-state index is 12.7. The lowest BCUT2D eigenvalue weighted by atomic mass is 10.1. The van der Waals surface area contributed by atoms with Gasteiger partial charge in [-0.1, -0.05) is 18.2 Å². The second-order valence-corrected chi connectivity index (χ2v) is 9.55. The first-order valence-electron chi connectivity index (χ1n) is 11.1. The van der Waals surface area contributed by atoms with Crippen LogP contribution in [0, 0.1) is 6.92 Å². The van der Waals surface area contributed by atoms with Crippen LogP contribution in [0.25, 0.3) is 0 Å². The summed E-state index contributed by atoms with van der Waals surface area (Å²) in [7, 11) is -4.06. The number of aryl methyl sites for hydroxylation is 1. The Morgan fingerprint density at radius 3 is 2.33 bits per heavy atom. The molecule has 3 aromatic rings. The quantitative estimate of drug-likeness (QED) is 0.194. The predicted octanol–water partition coefficient (Wildman–Crippen LogP) is -0.0944. The molecule has 4 amide bonds. The smallest absolute Gasteiger partial charge is 0.328 e. The molecule has 1 atom stereocenters. The third-order valence-electron chi connectivity index (χ3n) is 5.13. The van der Waals surface area contributed by atoms with Crippen molar-refractivity contribution in [1.29, 1.82) is 0 Å². The molecule has 0 aliphatic rings. The molecule has 0 fully saturated rings. The fourth-order valence-electron chi connectivity index (χ4n) is 3.32. The number of urea groups is 1. The van der Waals surface area contributed by atoms with Gasteiger partial charge >= 0.3 is 6.03 Å². The van der Waals surface area contributed by atoms with Gasteiger partial charge in [0.05, 0.1) is 17.6 Å². The van der Waals surface area contributed by atoms with Crippen molar-refractivity contribution in [3.05, 3.63) is 66.3 Å². The molecule has 0 saturated carbocycles.